The molecule has 0 heterocycles. The Morgan fingerprint density at radius 2 is 0.305 bits per heavy atom. The van der Waals surface area contributed by atoms with Crippen molar-refractivity contribution in [3.8, 4) is 0 Å². The highest BCUT2D eigenvalue weighted by Crippen LogP contribution is 2.70. The molecule has 0 saturated heterocycles. The van der Waals surface area contributed by atoms with Crippen molar-refractivity contribution in [1.82, 2.24) is 0 Å². The molecule has 0 aromatic rings. The van der Waals surface area contributed by atoms with E-state index < -0.39 is 116 Å². The first-order valence-corrected chi connectivity index (χ1v) is 13.4. The van der Waals surface area contributed by atoms with Crippen LogP contribution in [0.1, 0.15) is 0 Å². The molecule has 0 aromatic heterocycles. The van der Waals surface area contributed by atoms with Gasteiger partial charge in [0.1, 0.15) is 0 Å². The second-order valence-corrected chi connectivity index (χ2v) is 12.1. The van der Waals surface area contributed by atoms with Crippen LogP contribution in [-0.2, 0) is 10.1 Å². The van der Waals surface area contributed by atoms with Crippen LogP contribution in [-0.4, -0.2) is 119 Å². The van der Waals surface area contributed by atoms with Gasteiger partial charge < -0.3 is 0 Å². The third-order valence-electron chi connectivity index (χ3n) is 6.96. The third kappa shape index (κ3) is 6.20. The molecule has 41 heteroatoms. The Labute approximate surface area is 293 Å². The summed E-state index contributed by atoms with van der Waals surface area (Å²) < 4.78 is 526. The SMILES string of the molecule is O=S(=O)(O)C(F)(F)C(F)(F)C(F)(F)C(F)(F)C(F)(F)C(F)(F)C(F)(F)C(F)(F)C(F)(F)C(F)(F)C(F)(F)C(F)(F)C(F)(F)C(F)(F)C(F)(F)C(F)(F)C(F)(F)C(F)(F)F. The molecule has 0 saturated carbocycles. The molecule has 3 nitrogen and oxygen atoms in total. The van der Waals surface area contributed by atoms with E-state index in [-0.39, 0.29) is 0 Å². The number of hydrogen-bond donors (Lipinski definition) is 1. The van der Waals surface area contributed by atoms with E-state index in [2.05, 4.69) is 0 Å². The molecule has 0 bridgehead atoms. The Morgan fingerprint density at radius 1 is 0.203 bits per heavy atom. The van der Waals surface area contributed by atoms with Gasteiger partial charge in [-0.3, -0.25) is 4.55 Å². The summed E-state index contributed by atoms with van der Waals surface area (Å²) >= 11 is 0. The minimum Gasteiger partial charge on any atom is -0.281 e. The zero-order valence-electron chi connectivity index (χ0n) is 24.7. The maximum Gasteiger partial charge on any atom is 0.460 e. The smallest absolute Gasteiger partial charge is 0.281 e. The van der Waals surface area contributed by atoms with Crippen molar-refractivity contribution in [3.05, 3.63) is 0 Å². The lowest BCUT2D eigenvalue weighted by atomic mass is 9.82. The topological polar surface area (TPSA) is 54.4 Å². The number of alkyl halides is 37. The Hall–Kier alpha value is -2.68. The van der Waals surface area contributed by atoms with Gasteiger partial charge in [-0.15, -0.1) is 0 Å². The second kappa shape index (κ2) is 13.2. The van der Waals surface area contributed by atoms with Gasteiger partial charge in [-0.05, 0) is 0 Å². The largest absolute Gasteiger partial charge is 0.460 e. The quantitative estimate of drug-likeness (QED) is 0.117. The lowest BCUT2D eigenvalue weighted by Crippen LogP contribution is -2.80. The molecule has 0 fully saturated rings. The average Bonchev–Trinajstić information content (AvgIpc) is 2.98. The fourth-order valence-corrected chi connectivity index (χ4v) is 3.74. The van der Waals surface area contributed by atoms with Gasteiger partial charge in [0.25, 0.3) is 0 Å². The van der Waals surface area contributed by atoms with E-state index in [4.69, 9.17) is 4.55 Å². The minimum atomic E-state index is -10.5. The van der Waals surface area contributed by atoms with Crippen molar-refractivity contribution in [2.24, 2.45) is 0 Å². The van der Waals surface area contributed by atoms with Crippen molar-refractivity contribution >= 4 is 10.1 Å². The highest BCUT2D eigenvalue weighted by atomic mass is 32.2. The lowest BCUT2D eigenvalue weighted by Gasteiger charge is -2.47. The molecule has 59 heavy (non-hydrogen) atoms. The summed E-state index contributed by atoms with van der Waals surface area (Å²) in [6.45, 7) is 0. The van der Waals surface area contributed by atoms with Crippen LogP contribution in [0.15, 0.2) is 0 Å². The van der Waals surface area contributed by atoms with Gasteiger partial charge in [0.2, 0.25) is 0 Å². The van der Waals surface area contributed by atoms with Crippen molar-refractivity contribution in [2.75, 3.05) is 0 Å². The van der Waals surface area contributed by atoms with Crippen molar-refractivity contribution in [2.45, 2.75) is 106 Å². The summed E-state index contributed by atoms with van der Waals surface area (Å²) in [4.78, 5) is 0. The maximum absolute atomic E-state index is 13.9. The molecule has 0 aliphatic carbocycles. The van der Waals surface area contributed by atoms with Crippen LogP contribution in [0.5, 0.6) is 0 Å². The molecule has 0 amide bonds. The highest BCUT2D eigenvalue weighted by Gasteiger charge is 3.03. The Bertz CT molecular complexity index is 1680. The van der Waals surface area contributed by atoms with E-state index in [0.29, 0.717) is 0 Å². The van der Waals surface area contributed by atoms with Gasteiger partial charge in [-0.2, -0.15) is 171 Å². The van der Waals surface area contributed by atoms with Crippen LogP contribution in [0.4, 0.5) is 162 Å². The lowest BCUT2D eigenvalue weighted by molar-refractivity contribution is -0.493. The molecule has 356 valence electrons. The third-order valence-corrected chi connectivity index (χ3v) is 7.86. The summed E-state index contributed by atoms with van der Waals surface area (Å²) in [7, 11) is -8.52. The molecule has 0 spiro atoms. The Kier molecular flexibility index (Phi) is 12.6. The zero-order valence-corrected chi connectivity index (χ0v) is 25.5. The number of hydrogen-bond acceptors (Lipinski definition) is 2. The summed E-state index contributed by atoms with van der Waals surface area (Å²) in [5, 5.41) is -8.51. The molecule has 0 aromatic carbocycles. The number of halogens is 37. The predicted octanol–water partition coefficient (Wildman–Crippen LogP) is 11.2. The van der Waals surface area contributed by atoms with Crippen molar-refractivity contribution in [3.63, 3.8) is 0 Å². The van der Waals surface area contributed by atoms with Gasteiger partial charge in [-0.1, -0.05) is 0 Å². The van der Waals surface area contributed by atoms with Gasteiger partial charge in [0, 0.05) is 0 Å². The highest BCUT2D eigenvalue weighted by molar-refractivity contribution is 7.87. The predicted molar refractivity (Wildman–Crippen MR) is 102 cm³/mol. The van der Waals surface area contributed by atoms with E-state index in [1.54, 1.807) is 0 Å². The van der Waals surface area contributed by atoms with Crippen LogP contribution in [0.3, 0.4) is 0 Å². The van der Waals surface area contributed by atoms with Crippen LogP contribution >= 0.6 is 0 Å². The van der Waals surface area contributed by atoms with Crippen LogP contribution in [0, 0.1) is 0 Å². The molecule has 0 aliphatic rings. The average molecular weight is 1000 g/mol. The standard InChI is InChI=1S/C18HF37O3S/c19-1(20,3(23,24)5(27,28)7(31,32)9(35,36)11(39,40)13(43,44)15(47,48)17(51,52)53)2(21,22)4(25,26)6(29,30)8(33,34)10(37,38)12(41,42)14(45,46)16(49,50)18(54,55)59(56,57)58/h(H,56,57,58). The monoisotopic (exact) mass is 1000 g/mol. The molecular weight excluding hydrogens is 999 g/mol. The summed E-state index contributed by atoms with van der Waals surface area (Å²) in [6.07, 6.45) is -8.49. The van der Waals surface area contributed by atoms with Gasteiger partial charge in [0.15, 0.2) is 0 Å². The van der Waals surface area contributed by atoms with Crippen LogP contribution in [0.25, 0.3) is 0 Å². The molecule has 1 N–H and O–H groups in total. The second-order valence-electron chi connectivity index (χ2n) is 10.7. The molecule has 0 unspecified atom stereocenters. The van der Waals surface area contributed by atoms with E-state index >= 15 is 0 Å². The summed E-state index contributed by atoms with van der Waals surface area (Å²) in [6, 6.07) is 0. The van der Waals surface area contributed by atoms with Gasteiger partial charge >= 0.3 is 116 Å². The zero-order chi connectivity index (χ0) is 49.5. The first-order valence-electron chi connectivity index (χ1n) is 12.0. The molecular formula is C18HF37O3S. The Morgan fingerprint density at radius 3 is 0.407 bits per heavy atom. The van der Waals surface area contributed by atoms with Crippen LogP contribution < -0.4 is 0 Å². The molecule has 0 rings (SSSR count). The molecule has 0 radical (unpaired) electrons. The molecule has 0 atom stereocenters. The van der Waals surface area contributed by atoms with E-state index in [1.165, 1.54) is 0 Å². The van der Waals surface area contributed by atoms with Gasteiger partial charge in [0.05, 0.1) is 0 Å². The summed E-state index contributed by atoms with van der Waals surface area (Å²) in [5.74, 6) is -161. The first kappa shape index (κ1) is 56.3. The fourth-order valence-electron chi connectivity index (χ4n) is 3.28. The van der Waals surface area contributed by atoms with Crippen LogP contribution in [0.2, 0.25) is 0 Å². The van der Waals surface area contributed by atoms with Gasteiger partial charge in [-0.25, -0.2) is 0 Å². The minimum absolute atomic E-state index is 7.74. The summed E-state index contributed by atoms with van der Waals surface area (Å²) in [5.41, 5.74) is 0. The maximum atomic E-state index is 13.9. The van der Waals surface area contributed by atoms with Crippen molar-refractivity contribution in [1.29, 1.82) is 0 Å². The first-order chi connectivity index (χ1) is 24.5. The number of rotatable bonds is 17. The normalized spacial score (nSPS) is 17.5. The van der Waals surface area contributed by atoms with E-state index in [0.717, 1.165) is 0 Å². The Balaban J connectivity index is 7.94. The molecule has 0 aliphatic heterocycles. The van der Waals surface area contributed by atoms with E-state index in [1.807, 2.05) is 0 Å². The van der Waals surface area contributed by atoms with E-state index in [9.17, 15) is 171 Å². The fraction of sp³-hybridized carbons (Fsp3) is 1.00. The van der Waals surface area contributed by atoms with Crippen molar-refractivity contribution < 1.29 is 175 Å².